The Morgan fingerprint density at radius 2 is 0.669 bits per heavy atom. The first-order valence-electron chi connectivity index (χ1n) is 46.7. The lowest BCUT2D eigenvalue weighted by Gasteiger charge is -2.62. The van der Waals surface area contributed by atoms with Crippen molar-refractivity contribution >= 4 is 71.3 Å². The SMILES string of the molecule is COC(=O)C(F)(F)F.COC(=O)C12CC3CC(C1)C(=O)C(C3)C2.COC(=O)C12CC3CC(C1)C1(OCC(F)(F)C(F)(F)CO1)C(C3)C2.COC(=O)C12CC3CC(CC(C3)C1)C2.COC(=O)C12CC3CC(CC(O)(C3)C1)C2.COC(=O)C1CCC(=O)CC1.COC(=O)C1CCC(O)CC1.COC(=O)C1CCC2(CC1)OCC(F)(F)C(F)(F)CO2.COC(=O)C1CCCCC1.COC(C)=O. The van der Waals surface area contributed by atoms with E-state index in [9.17, 15) is 111 Å². The van der Waals surface area contributed by atoms with E-state index in [2.05, 4.69) is 28.4 Å². The number of methoxy groups -OCH3 is 10. The third-order valence-corrected chi connectivity index (χ3v) is 31.4. The number of hydrogen-bond donors (Lipinski definition) is 2. The molecule has 20 aliphatic carbocycles. The highest BCUT2D eigenvalue weighted by Gasteiger charge is 2.71. The Hall–Kier alpha value is -6.97. The van der Waals surface area contributed by atoms with Crippen molar-refractivity contribution in [2.75, 3.05) is 97.5 Å². The molecule has 2 heterocycles. The van der Waals surface area contributed by atoms with Crippen LogP contribution in [0.4, 0.5) is 48.3 Å². The number of esters is 10. The molecule has 0 aromatic rings. The van der Waals surface area contributed by atoms with Crippen LogP contribution in [0.5, 0.6) is 0 Å². The van der Waals surface area contributed by atoms with Gasteiger partial charge in [-0.25, -0.2) is 4.79 Å². The number of aliphatic hydroxyl groups excluding tert-OH is 1. The molecular formula is C94H137F11O28. The zero-order valence-corrected chi connectivity index (χ0v) is 78.3. The van der Waals surface area contributed by atoms with Crippen LogP contribution in [0, 0.1) is 110 Å². The highest BCUT2D eigenvalue weighted by Crippen LogP contribution is 2.68. The van der Waals surface area contributed by atoms with E-state index in [1.165, 1.54) is 109 Å². The summed E-state index contributed by atoms with van der Waals surface area (Å²) in [5.41, 5.74) is -1.89. The minimum Gasteiger partial charge on any atom is -0.469 e. The smallest absolute Gasteiger partial charge is 0.469 e. The van der Waals surface area contributed by atoms with Crippen molar-refractivity contribution in [3.63, 3.8) is 0 Å². The topological polar surface area (TPSA) is 375 Å². The number of rotatable bonds is 8. The minimum atomic E-state index is -4.85. The molecule has 6 unspecified atom stereocenters. The van der Waals surface area contributed by atoms with Crippen molar-refractivity contribution in [1.29, 1.82) is 0 Å². The number of hydrogen-bond acceptors (Lipinski definition) is 28. The number of carbonyl (C=O) groups excluding carboxylic acids is 12. The Labute approximate surface area is 769 Å². The molecule has 20 saturated carbocycles. The largest absolute Gasteiger partial charge is 0.490 e. The number of ketones is 2. The van der Waals surface area contributed by atoms with Crippen LogP contribution in [0.3, 0.4) is 0 Å². The number of ether oxygens (including phenoxy) is 14. The van der Waals surface area contributed by atoms with Gasteiger partial charge in [-0.3, -0.25) is 52.7 Å². The zero-order chi connectivity index (χ0) is 98.5. The van der Waals surface area contributed by atoms with Gasteiger partial charge in [0.2, 0.25) is 0 Å². The quantitative estimate of drug-likeness (QED) is 0.129. The van der Waals surface area contributed by atoms with E-state index in [0.717, 1.165) is 133 Å². The second-order valence-electron chi connectivity index (χ2n) is 40.6. The van der Waals surface area contributed by atoms with Gasteiger partial charge in [0.25, 0.3) is 0 Å². The molecule has 6 atom stereocenters. The summed E-state index contributed by atoms with van der Waals surface area (Å²) in [6.07, 6.45) is 27.3. The van der Waals surface area contributed by atoms with Gasteiger partial charge in [0.05, 0.1) is 128 Å². The molecule has 22 fully saturated rings. The van der Waals surface area contributed by atoms with Crippen LogP contribution in [0.2, 0.25) is 0 Å². The van der Waals surface area contributed by atoms with E-state index in [4.69, 9.17) is 43.0 Å². The lowest BCUT2D eigenvalue weighted by Crippen LogP contribution is -2.65. The first kappa shape index (κ1) is 110. The summed E-state index contributed by atoms with van der Waals surface area (Å²) in [6, 6.07) is 0. The predicted molar refractivity (Wildman–Crippen MR) is 444 cm³/mol. The summed E-state index contributed by atoms with van der Waals surface area (Å²) in [4.78, 5) is 134. The fourth-order valence-corrected chi connectivity index (χ4v) is 25.9. The van der Waals surface area contributed by atoms with Gasteiger partial charge in [0.1, 0.15) is 38.0 Å². The lowest BCUT2D eigenvalue weighted by atomic mass is 9.47. The second kappa shape index (κ2) is 45.3. The Balaban J connectivity index is 0.000000170. The molecule has 2 spiro atoms. The van der Waals surface area contributed by atoms with E-state index in [-0.39, 0.29) is 142 Å². The van der Waals surface area contributed by atoms with Gasteiger partial charge in [-0.2, -0.15) is 48.3 Å². The average Bonchev–Trinajstić information content (AvgIpc) is 1.68. The van der Waals surface area contributed by atoms with Gasteiger partial charge in [-0.05, 0) is 247 Å². The summed E-state index contributed by atoms with van der Waals surface area (Å²) in [6.45, 7) is -4.13. The van der Waals surface area contributed by atoms with E-state index in [1.54, 1.807) is 7.11 Å². The monoisotopic (exact) mass is 1920 g/mol. The van der Waals surface area contributed by atoms with Gasteiger partial charge >= 0.3 is 89.6 Å². The lowest BCUT2D eigenvalue weighted by molar-refractivity contribution is -0.345. The van der Waals surface area contributed by atoms with Crippen LogP contribution in [-0.4, -0.2) is 232 Å². The number of halogens is 11. The first-order chi connectivity index (χ1) is 62.3. The molecule has 0 aromatic heterocycles. The molecule has 22 rings (SSSR count). The van der Waals surface area contributed by atoms with Gasteiger partial charge in [0, 0.05) is 56.3 Å². The molecular weight excluding hydrogens is 1790 g/mol. The summed E-state index contributed by atoms with van der Waals surface area (Å²) < 4.78 is 207. The summed E-state index contributed by atoms with van der Waals surface area (Å²) in [7, 11) is 13.3. The number of Topliss-reactive ketones (excluding diaryl/α,β-unsaturated/α-hetero) is 2. The van der Waals surface area contributed by atoms with Crippen LogP contribution >= 0.6 is 0 Å². The van der Waals surface area contributed by atoms with Gasteiger partial charge in [0.15, 0.2) is 11.6 Å². The van der Waals surface area contributed by atoms with Crippen LogP contribution in [0.25, 0.3) is 0 Å². The molecule has 758 valence electrons. The standard InChI is InChI=1S/C16H20F4O4.C12H16F4O4.C12H18O3.C12H16O3.C12H18O2.C8H14O3.C8H12O3.C8H14O2.C3H3F3O2.C3H6O2/c1-22-12(21)13-4-9-2-10(5-13)16(11(3-9)6-13)23-7-14(17,18)15(19,20)8-24-16;1-18-9(17)8-2-4-10(5-3-8)19-6-11(13,14)12(15,16)7-20-10;1-15-10(13)11-3-8-2-9(4-11)6-12(14,5-8)7-11;1-15-11(14)12-4-7-2-8(5-12)10(13)9(3-7)6-12;1-14-11(13)12-5-8-2-9(6-12)4-10(3-8)7-12;2*1-11-8(10)6-2-4-7(9)5-3-6;1-10-8(9)7-5-3-2-4-6-7;1-8-2(7)3(4,5)6;1-3(4)5-2/h9-11H,2-8H2,1H3;8H,2-7H2,1H3;8-9,14H,2-7H2,1H3;7-9H,2-6H2,1H3;8-10H,2-7H2,1H3;6-7,9H,2-5H2,1H3;6H,2-5H2,1H3;7H,2-6H2,1H3;1H3;1-2H3. The third-order valence-electron chi connectivity index (χ3n) is 31.4. The fraction of sp³-hybridized carbons (Fsp3) is 0.872. The van der Waals surface area contributed by atoms with Crippen molar-refractivity contribution in [2.24, 2.45) is 110 Å². The van der Waals surface area contributed by atoms with Crippen molar-refractivity contribution in [3.8, 4) is 0 Å². The molecule has 28 nitrogen and oxygen atoms in total. The van der Waals surface area contributed by atoms with Crippen LogP contribution in [-0.2, 0) is 124 Å². The summed E-state index contributed by atoms with van der Waals surface area (Å²) in [5, 5.41) is 19.5. The van der Waals surface area contributed by atoms with Crippen LogP contribution in [0.1, 0.15) is 257 Å². The average molecular weight is 1920 g/mol. The minimum absolute atomic E-state index is 0.0142. The summed E-state index contributed by atoms with van der Waals surface area (Å²) in [5.74, 6) is -18.8. The van der Waals surface area contributed by atoms with Crippen LogP contribution < -0.4 is 0 Å². The highest BCUT2D eigenvalue weighted by atomic mass is 19.4. The van der Waals surface area contributed by atoms with Gasteiger partial charge in [-0.15, -0.1) is 0 Å². The molecule has 0 aromatic carbocycles. The van der Waals surface area contributed by atoms with Crippen molar-refractivity contribution in [1.82, 2.24) is 0 Å². The van der Waals surface area contributed by atoms with Crippen molar-refractivity contribution in [3.05, 3.63) is 0 Å². The van der Waals surface area contributed by atoms with Crippen molar-refractivity contribution < 1.29 is 182 Å². The maximum atomic E-state index is 13.7. The maximum Gasteiger partial charge on any atom is 0.490 e. The Kier molecular flexibility index (Phi) is 37.4. The molecule has 133 heavy (non-hydrogen) atoms. The molecule has 16 bridgehead atoms. The Morgan fingerprint density at radius 1 is 0.353 bits per heavy atom. The zero-order valence-electron chi connectivity index (χ0n) is 78.3. The molecule has 2 saturated heterocycles. The number of aliphatic hydroxyl groups is 2. The Morgan fingerprint density at radius 3 is 1.02 bits per heavy atom. The van der Waals surface area contributed by atoms with E-state index < -0.39 is 90.8 Å². The van der Waals surface area contributed by atoms with E-state index >= 15 is 0 Å². The molecule has 0 amide bonds. The van der Waals surface area contributed by atoms with E-state index in [1.807, 2.05) is 0 Å². The second-order valence-corrected chi connectivity index (χ2v) is 40.6. The predicted octanol–water partition coefficient (Wildman–Crippen LogP) is 15.1. The van der Waals surface area contributed by atoms with E-state index in [0.29, 0.717) is 108 Å². The van der Waals surface area contributed by atoms with Gasteiger partial charge in [-0.1, -0.05) is 19.3 Å². The van der Waals surface area contributed by atoms with Gasteiger partial charge < -0.3 is 76.5 Å². The normalized spacial score (nSPS) is 35.8. The number of alkyl halides is 11. The molecule has 22 aliphatic rings. The molecule has 2 aliphatic heterocycles. The molecule has 0 radical (unpaired) electrons. The fourth-order valence-electron chi connectivity index (χ4n) is 25.9. The molecule has 39 heteroatoms. The maximum absolute atomic E-state index is 13.7. The third kappa shape index (κ3) is 26.3. The van der Waals surface area contributed by atoms with Crippen LogP contribution in [0.15, 0.2) is 0 Å². The first-order valence-corrected chi connectivity index (χ1v) is 46.7. The summed E-state index contributed by atoms with van der Waals surface area (Å²) >= 11 is 0. The molecule has 2 N–H and O–H groups in total. The van der Waals surface area contributed by atoms with Crippen molar-refractivity contribution in [2.45, 2.75) is 310 Å². The highest BCUT2D eigenvalue weighted by molar-refractivity contribution is 5.90. The Bertz CT molecular complexity index is 3870. The number of carbonyl (C=O) groups is 12.